The summed E-state index contributed by atoms with van der Waals surface area (Å²) in [5.74, 6) is 0.591. The monoisotopic (exact) mass is 245 g/mol. The molecule has 96 valence electrons. The second-order valence-electron chi connectivity index (χ2n) is 5.17. The molecule has 1 atom stereocenters. The summed E-state index contributed by atoms with van der Waals surface area (Å²) >= 11 is 0. The van der Waals surface area contributed by atoms with Crippen LogP contribution < -0.4 is 0 Å². The predicted octanol–water partition coefficient (Wildman–Crippen LogP) is 2.69. The minimum Gasteiger partial charge on any atom is -0.472 e. The lowest BCUT2D eigenvalue weighted by Gasteiger charge is -2.32. The number of furan rings is 1. The lowest BCUT2D eigenvalue weighted by Crippen LogP contribution is -2.34. The van der Waals surface area contributed by atoms with E-state index in [1.54, 1.807) is 6.26 Å². The van der Waals surface area contributed by atoms with Gasteiger partial charge < -0.3 is 4.42 Å². The minimum atomic E-state index is 0.591. The molecule has 1 aliphatic heterocycles. The number of rotatable bonds is 3. The van der Waals surface area contributed by atoms with Crippen LogP contribution in [0.3, 0.4) is 0 Å². The van der Waals surface area contributed by atoms with Gasteiger partial charge in [-0.3, -0.25) is 10.00 Å². The number of H-pyrrole nitrogens is 1. The molecule has 0 aliphatic carbocycles. The van der Waals surface area contributed by atoms with Gasteiger partial charge in [0.15, 0.2) is 0 Å². The second-order valence-corrected chi connectivity index (χ2v) is 5.17. The van der Waals surface area contributed by atoms with E-state index in [2.05, 4.69) is 22.0 Å². The van der Waals surface area contributed by atoms with Crippen LogP contribution in [0.15, 0.2) is 29.2 Å². The average molecular weight is 245 g/mol. The third-order valence-corrected chi connectivity index (χ3v) is 3.77. The van der Waals surface area contributed by atoms with E-state index < -0.39 is 0 Å². The number of likely N-dealkylation sites (tertiary alicyclic amines) is 1. The number of hydrogen-bond donors (Lipinski definition) is 1. The van der Waals surface area contributed by atoms with E-state index in [4.69, 9.17) is 4.42 Å². The van der Waals surface area contributed by atoms with Crippen LogP contribution in [0.4, 0.5) is 0 Å². The number of aromatic amines is 1. The van der Waals surface area contributed by atoms with Crippen molar-refractivity contribution in [3.63, 3.8) is 0 Å². The van der Waals surface area contributed by atoms with Crippen molar-refractivity contribution in [2.45, 2.75) is 32.2 Å². The zero-order valence-corrected chi connectivity index (χ0v) is 10.7. The highest BCUT2D eigenvalue weighted by Gasteiger charge is 2.23. The third kappa shape index (κ3) is 2.34. The van der Waals surface area contributed by atoms with Crippen molar-refractivity contribution >= 4 is 0 Å². The first kappa shape index (κ1) is 11.5. The first-order valence-electron chi connectivity index (χ1n) is 6.56. The Morgan fingerprint density at radius 2 is 2.50 bits per heavy atom. The number of nitrogens with zero attached hydrogens (tertiary/aromatic N) is 2. The van der Waals surface area contributed by atoms with E-state index in [1.807, 2.05) is 18.5 Å². The lowest BCUT2D eigenvalue weighted by molar-refractivity contribution is 0.198. The Hall–Kier alpha value is -1.55. The van der Waals surface area contributed by atoms with Crippen LogP contribution in [0.1, 0.15) is 35.6 Å². The van der Waals surface area contributed by atoms with E-state index >= 15 is 0 Å². The highest BCUT2D eigenvalue weighted by molar-refractivity contribution is 5.19. The maximum Gasteiger partial charge on any atom is 0.0947 e. The summed E-state index contributed by atoms with van der Waals surface area (Å²) in [6, 6.07) is 2.05. The van der Waals surface area contributed by atoms with E-state index in [9.17, 15) is 0 Å². The molecule has 3 rings (SSSR count). The van der Waals surface area contributed by atoms with Gasteiger partial charge in [-0.25, -0.2) is 0 Å². The van der Waals surface area contributed by atoms with Gasteiger partial charge in [0.2, 0.25) is 0 Å². The molecular formula is C14H19N3O. The second kappa shape index (κ2) is 4.98. The third-order valence-electron chi connectivity index (χ3n) is 3.77. The normalized spacial score (nSPS) is 21.3. The van der Waals surface area contributed by atoms with Crippen molar-refractivity contribution in [3.05, 3.63) is 41.6 Å². The Bertz CT molecular complexity index is 489. The number of hydrogen-bond acceptors (Lipinski definition) is 3. The van der Waals surface area contributed by atoms with Gasteiger partial charge in [-0.15, -0.1) is 0 Å². The molecule has 0 amide bonds. The summed E-state index contributed by atoms with van der Waals surface area (Å²) in [6.07, 6.45) is 8.01. The van der Waals surface area contributed by atoms with Crippen molar-refractivity contribution < 1.29 is 4.42 Å². The number of piperidine rings is 1. The van der Waals surface area contributed by atoms with Crippen LogP contribution in [0, 0.1) is 6.92 Å². The van der Waals surface area contributed by atoms with Crippen molar-refractivity contribution in [2.24, 2.45) is 0 Å². The van der Waals surface area contributed by atoms with Crippen molar-refractivity contribution in [1.29, 1.82) is 0 Å². The van der Waals surface area contributed by atoms with Gasteiger partial charge in [-0.1, -0.05) is 0 Å². The molecule has 3 heterocycles. The van der Waals surface area contributed by atoms with Crippen LogP contribution in [0.5, 0.6) is 0 Å². The Labute approximate surface area is 107 Å². The SMILES string of the molecule is Cc1cn[nH]c1C1CCCN(Cc2ccoc2)C1. The standard InChI is InChI=1S/C14H19N3O/c1-11-7-15-16-14(11)13-3-2-5-17(9-13)8-12-4-6-18-10-12/h4,6-7,10,13H,2-3,5,8-9H2,1H3,(H,15,16). The van der Waals surface area contributed by atoms with E-state index in [0.717, 1.165) is 13.1 Å². The molecule has 18 heavy (non-hydrogen) atoms. The Kier molecular flexibility index (Phi) is 3.19. The van der Waals surface area contributed by atoms with Crippen LogP contribution in [-0.2, 0) is 6.54 Å². The fourth-order valence-electron chi connectivity index (χ4n) is 2.85. The van der Waals surface area contributed by atoms with Crippen LogP contribution >= 0.6 is 0 Å². The van der Waals surface area contributed by atoms with Crippen LogP contribution in [0.25, 0.3) is 0 Å². The summed E-state index contributed by atoms with van der Waals surface area (Å²) in [7, 11) is 0. The molecular weight excluding hydrogens is 226 g/mol. The molecule has 1 saturated heterocycles. The van der Waals surface area contributed by atoms with Crippen molar-refractivity contribution in [1.82, 2.24) is 15.1 Å². The van der Waals surface area contributed by atoms with Gasteiger partial charge in [-0.2, -0.15) is 5.10 Å². The molecule has 4 heteroatoms. The first-order chi connectivity index (χ1) is 8.83. The molecule has 0 aromatic carbocycles. The maximum atomic E-state index is 5.13. The zero-order chi connectivity index (χ0) is 12.4. The summed E-state index contributed by atoms with van der Waals surface area (Å²) in [4.78, 5) is 2.50. The zero-order valence-electron chi connectivity index (χ0n) is 10.7. The largest absolute Gasteiger partial charge is 0.472 e. The molecule has 2 aromatic heterocycles. The number of aryl methyl sites for hydroxylation is 1. The summed E-state index contributed by atoms with van der Waals surface area (Å²) < 4.78 is 5.13. The van der Waals surface area contributed by atoms with Gasteiger partial charge >= 0.3 is 0 Å². The first-order valence-corrected chi connectivity index (χ1v) is 6.56. The fraction of sp³-hybridized carbons (Fsp3) is 0.500. The molecule has 1 fully saturated rings. The predicted molar refractivity (Wildman–Crippen MR) is 69.3 cm³/mol. The van der Waals surface area contributed by atoms with Crippen LogP contribution in [-0.4, -0.2) is 28.2 Å². The molecule has 1 N–H and O–H groups in total. The Morgan fingerprint density at radius 3 is 3.22 bits per heavy atom. The van der Waals surface area contributed by atoms with Crippen molar-refractivity contribution in [2.75, 3.05) is 13.1 Å². The lowest BCUT2D eigenvalue weighted by atomic mass is 9.93. The molecule has 1 unspecified atom stereocenters. The minimum absolute atomic E-state index is 0.591. The highest BCUT2D eigenvalue weighted by atomic mass is 16.3. The van der Waals surface area contributed by atoms with Crippen LogP contribution in [0.2, 0.25) is 0 Å². The molecule has 4 nitrogen and oxygen atoms in total. The maximum absolute atomic E-state index is 5.13. The topological polar surface area (TPSA) is 45.1 Å². The molecule has 0 saturated carbocycles. The Morgan fingerprint density at radius 1 is 1.56 bits per heavy atom. The van der Waals surface area contributed by atoms with Gasteiger partial charge in [0.1, 0.15) is 0 Å². The molecule has 1 aliphatic rings. The average Bonchev–Trinajstić information content (AvgIpc) is 3.01. The van der Waals surface area contributed by atoms with Crippen molar-refractivity contribution in [3.8, 4) is 0 Å². The quantitative estimate of drug-likeness (QED) is 0.904. The number of nitrogens with one attached hydrogen (secondary N) is 1. The summed E-state index contributed by atoms with van der Waals surface area (Å²) in [5, 5.41) is 7.30. The number of aromatic nitrogens is 2. The van der Waals surface area contributed by atoms with Gasteiger partial charge in [0.05, 0.1) is 18.7 Å². The van der Waals surface area contributed by atoms with E-state index in [1.165, 1.54) is 36.2 Å². The molecule has 0 spiro atoms. The molecule has 2 aromatic rings. The molecule has 0 radical (unpaired) electrons. The summed E-state index contributed by atoms with van der Waals surface area (Å²) in [5.41, 5.74) is 3.86. The van der Waals surface area contributed by atoms with Gasteiger partial charge in [-0.05, 0) is 37.9 Å². The smallest absolute Gasteiger partial charge is 0.0947 e. The van der Waals surface area contributed by atoms with Gasteiger partial charge in [0.25, 0.3) is 0 Å². The van der Waals surface area contributed by atoms with E-state index in [0.29, 0.717) is 5.92 Å². The Balaban J connectivity index is 1.67. The molecule has 0 bridgehead atoms. The van der Waals surface area contributed by atoms with E-state index in [-0.39, 0.29) is 0 Å². The summed E-state index contributed by atoms with van der Waals surface area (Å²) in [6.45, 7) is 5.40. The highest BCUT2D eigenvalue weighted by Crippen LogP contribution is 2.28. The van der Waals surface area contributed by atoms with Gasteiger partial charge in [0, 0.05) is 30.3 Å². The fourth-order valence-corrected chi connectivity index (χ4v) is 2.85.